The maximum absolute atomic E-state index is 5.95. The van der Waals surface area contributed by atoms with E-state index in [2.05, 4.69) is 43.4 Å². The van der Waals surface area contributed by atoms with Gasteiger partial charge < -0.3 is 15.0 Å². The number of ether oxygens (including phenoxy) is 1. The van der Waals surface area contributed by atoms with E-state index in [4.69, 9.17) is 4.74 Å². The van der Waals surface area contributed by atoms with E-state index < -0.39 is 0 Å². The fraction of sp³-hybridized carbons (Fsp3) is 0.625. The van der Waals surface area contributed by atoms with Gasteiger partial charge in [0.2, 0.25) is 0 Å². The average Bonchev–Trinajstić information content (AvgIpc) is 2.79. The van der Waals surface area contributed by atoms with Gasteiger partial charge in [-0.15, -0.1) is 0 Å². The van der Waals surface area contributed by atoms with Crippen molar-refractivity contribution >= 4 is 0 Å². The zero-order chi connectivity index (χ0) is 13.7. The van der Waals surface area contributed by atoms with Gasteiger partial charge >= 0.3 is 0 Å². The molecule has 106 valence electrons. The number of likely N-dealkylation sites (N-methyl/N-ethyl adjacent to an activating group) is 1. The summed E-state index contributed by atoms with van der Waals surface area (Å²) < 4.78 is 5.95. The van der Waals surface area contributed by atoms with Gasteiger partial charge in [0.1, 0.15) is 5.75 Å². The number of benzene rings is 1. The Kier molecular flexibility index (Phi) is 4.83. The molecule has 1 N–H and O–H groups in total. The quantitative estimate of drug-likeness (QED) is 0.852. The van der Waals surface area contributed by atoms with Crippen LogP contribution < -0.4 is 10.1 Å². The van der Waals surface area contributed by atoms with Crippen molar-refractivity contribution in [3.05, 3.63) is 29.8 Å². The Bertz CT molecular complexity index is 397. The fourth-order valence-electron chi connectivity index (χ4n) is 2.98. The van der Waals surface area contributed by atoms with E-state index in [-0.39, 0.29) is 5.54 Å². The number of hydrogen-bond donors (Lipinski definition) is 1. The van der Waals surface area contributed by atoms with Gasteiger partial charge in [0, 0.05) is 18.5 Å². The minimum Gasteiger partial charge on any atom is -0.493 e. The summed E-state index contributed by atoms with van der Waals surface area (Å²) in [5.41, 5.74) is 1.45. The summed E-state index contributed by atoms with van der Waals surface area (Å²) in [6.45, 7) is 5.10. The highest BCUT2D eigenvalue weighted by atomic mass is 16.5. The molecular formula is C16H26N2O. The molecule has 1 unspecified atom stereocenters. The molecule has 0 radical (unpaired) electrons. The van der Waals surface area contributed by atoms with E-state index in [9.17, 15) is 0 Å². The zero-order valence-corrected chi connectivity index (χ0v) is 12.4. The summed E-state index contributed by atoms with van der Waals surface area (Å²) in [6.07, 6.45) is 3.60. The number of rotatable bonds is 6. The van der Waals surface area contributed by atoms with Crippen LogP contribution in [0.1, 0.15) is 24.8 Å². The molecule has 3 nitrogen and oxygen atoms in total. The summed E-state index contributed by atoms with van der Waals surface area (Å²) in [7, 11) is 4.29. The molecule has 0 bridgehead atoms. The first-order valence-electron chi connectivity index (χ1n) is 7.20. The third-order valence-electron chi connectivity index (χ3n) is 3.88. The lowest BCUT2D eigenvalue weighted by atomic mass is 9.93. The summed E-state index contributed by atoms with van der Waals surface area (Å²) in [4.78, 5) is 2.27. The van der Waals surface area contributed by atoms with Gasteiger partial charge in [-0.05, 0) is 52.0 Å². The number of aryl methyl sites for hydroxylation is 1. The van der Waals surface area contributed by atoms with Gasteiger partial charge in [-0.2, -0.15) is 0 Å². The van der Waals surface area contributed by atoms with Crippen LogP contribution in [-0.4, -0.2) is 44.2 Å². The molecule has 0 aliphatic carbocycles. The van der Waals surface area contributed by atoms with Crippen LogP contribution in [0.3, 0.4) is 0 Å². The molecule has 1 saturated heterocycles. The van der Waals surface area contributed by atoms with Crippen LogP contribution in [0.4, 0.5) is 0 Å². The van der Waals surface area contributed by atoms with E-state index in [1.807, 2.05) is 12.1 Å². The van der Waals surface area contributed by atoms with Crippen molar-refractivity contribution in [1.82, 2.24) is 10.2 Å². The molecule has 0 aromatic heterocycles. The van der Waals surface area contributed by atoms with Gasteiger partial charge in [-0.25, -0.2) is 0 Å². The lowest BCUT2D eigenvalue weighted by Gasteiger charge is -2.32. The van der Waals surface area contributed by atoms with Crippen molar-refractivity contribution in [1.29, 1.82) is 0 Å². The van der Waals surface area contributed by atoms with Crippen LogP contribution in [0.5, 0.6) is 5.75 Å². The molecule has 1 aliphatic rings. The Morgan fingerprint density at radius 2 is 2.11 bits per heavy atom. The lowest BCUT2D eigenvalue weighted by molar-refractivity contribution is 0.197. The molecule has 1 aliphatic heterocycles. The highest BCUT2D eigenvalue weighted by molar-refractivity contribution is 5.31. The molecule has 1 aromatic carbocycles. The minimum absolute atomic E-state index is 0.242. The SMILES string of the molecule is Cc1ccccc1OCCC1(CN(C)C)CCCN1. The first-order valence-corrected chi connectivity index (χ1v) is 7.20. The van der Waals surface area contributed by atoms with Crippen molar-refractivity contribution in [3.8, 4) is 5.75 Å². The van der Waals surface area contributed by atoms with Crippen LogP contribution >= 0.6 is 0 Å². The number of para-hydroxylation sites is 1. The van der Waals surface area contributed by atoms with E-state index in [0.717, 1.165) is 31.9 Å². The predicted molar refractivity (Wildman–Crippen MR) is 79.8 cm³/mol. The number of nitrogens with one attached hydrogen (secondary N) is 1. The number of hydrogen-bond acceptors (Lipinski definition) is 3. The summed E-state index contributed by atoms with van der Waals surface area (Å²) in [6, 6.07) is 8.23. The molecule has 1 atom stereocenters. The molecule has 0 saturated carbocycles. The van der Waals surface area contributed by atoms with Crippen molar-refractivity contribution < 1.29 is 4.74 Å². The molecular weight excluding hydrogens is 236 g/mol. The van der Waals surface area contributed by atoms with E-state index >= 15 is 0 Å². The van der Waals surface area contributed by atoms with Gasteiger partial charge in [-0.1, -0.05) is 18.2 Å². The van der Waals surface area contributed by atoms with Gasteiger partial charge in [-0.3, -0.25) is 0 Å². The largest absolute Gasteiger partial charge is 0.493 e. The molecule has 19 heavy (non-hydrogen) atoms. The van der Waals surface area contributed by atoms with Crippen LogP contribution in [0.15, 0.2) is 24.3 Å². The van der Waals surface area contributed by atoms with Crippen molar-refractivity contribution in [2.45, 2.75) is 31.7 Å². The van der Waals surface area contributed by atoms with Gasteiger partial charge in [0.25, 0.3) is 0 Å². The van der Waals surface area contributed by atoms with E-state index in [0.29, 0.717) is 0 Å². The maximum Gasteiger partial charge on any atom is 0.122 e. The van der Waals surface area contributed by atoms with Crippen LogP contribution in [0.2, 0.25) is 0 Å². The summed E-state index contributed by atoms with van der Waals surface area (Å²) >= 11 is 0. The summed E-state index contributed by atoms with van der Waals surface area (Å²) in [5, 5.41) is 3.68. The first kappa shape index (κ1) is 14.4. The second kappa shape index (κ2) is 6.40. The Morgan fingerprint density at radius 1 is 1.32 bits per heavy atom. The van der Waals surface area contributed by atoms with Crippen LogP contribution in [-0.2, 0) is 0 Å². The monoisotopic (exact) mass is 262 g/mol. The topological polar surface area (TPSA) is 24.5 Å². The van der Waals surface area contributed by atoms with Crippen molar-refractivity contribution in [2.24, 2.45) is 0 Å². The second-order valence-electron chi connectivity index (χ2n) is 5.91. The third kappa shape index (κ3) is 3.95. The standard InChI is InChI=1S/C16H26N2O/c1-14-7-4-5-8-15(14)19-12-10-16(13-18(2)3)9-6-11-17-16/h4-5,7-8,17H,6,9-13H2,1-3H3. The van der Waals surface area contributed by atoms with Crippen molar-refractivity contribution in [3.63, 3.8) is 0 Å². The minimum atomic E-state index is 0.242. The lowest BCUT2D eigenvalue weighted by Crippen LogP contribution is -2.49. The van der Waals surface area contributed by atoms with Gasteiger partial charge in [0.15, 0.2) is 0 Å². The Balaban J connectivity index is 1.88. The molecule has 1 fully saturated rings. The van der Waals surface area contributed by atoms with Crippen molar-refractivity contribution in [2.75, 3.05) is 33.8 Å². The summed E-state index contributed by atoms with van der Waals surface area (Å²) in [5.74, 6) is 1.01. The highest BCUT2D eigenvalue weighted by Gasteiger charge is 2.33. The average molecular weight is 262 g/mol. The maximum atomic E-state index is 5.95. The third-order valence-corrected chi connectivity index (χ3v) is 3.88. The van der Waals surface area contributed by atoms with E-state index in [1.54, 1.807) is 0 Å². The van der Waals surface area contributed by atoms with Crippen LogP contribution in [0, 0.1) is 6.92 Å². The van der Waals surface area contributed by atoms with E-state index in [1.165, 1.54) is 18.4 Å². The molecule has 3 heteroatoms. The number of nitrogens with zero attached hydrogens (tertiary/aromatic N) is 1. The zero-order valence-electron chi connectivity index (χ0n) is 12.4. The normalized spacial score (nSPS) is 22.9. The Labute approximate surface area is 116 Å². The van der Waals surface area contributed by atoms with Crippen LogP contribution in [0.25, 0.3) is 0 Å². The molecule has 0 spiro atoms. The fourth-order valence-corrected chi connectivity index (χ4v) is 2.98. The molecule has 2 rings (SSSR count). The smallest absolute Gasteiger partial charge is 0.122 e. The Hall–Kier alpha value is -1.06. The first-order chi connectivity index (χ1) is 9.11. The van der Waals surface area contributed by atoms with Gasteiger partial charge in [0.05, 0.1) is 6.61 Å². The second-order valence-corrected chi connectivity index (χ2v) is 5.91. The predicted octanol–water partition coefficient (Wildman–Crippen LogP) is 2.45. The molecule has 1 heterocycles. The molecule has 1 aromatic rings. The Morgan fingerprint density at radius 3 is 2.74 bits per heavy atom. The molecule has 0 amide bonds. The highest BCUT2D eigenvalue weighted by Crippen LogP contribution is 2.25.